The molecule has 0 spiro atoms. The molecule has 0 fully saturated rings. The molecular formula is C28H29N2O2. The molecule has 32 heavy (non-hydrogen) atoms. The van der Waals surface area contributed by atoms with Crippen molar-refractivity contribution >= 4 is 17.2 Å². The van der Waals surface area contributed by atoms with E-state index in [2.05, 4.69) is 24.3 Å². The molecule has 4 heteroatoms. The van der Waals surface area contributed by atoms with Crippen molar-refractivity contribution in [3.63, 3.8) is 0 Å². The lowest BCUT2D eigenvalue weighted by molar-refractivity contribution is 0.117. The second-order valence-electron chi connectivity index (χ2n) is 7.78. The van der Waals surface area contributed by atoms with Crippen molar-refractivity contribution in [3.8, 4) is 5.75 Å². The predicted molar refractivity (Wildman–Crippen MR) is 130 cm³/mol. The highest BCUT2D eigenvalue weighted by Gasteiger charge is 2.21. The third-order valence-corrected chi connectivity index (χ3v) is 5.42. The Labute approximate surface area is 190 Å². The van der Waals surface area contributed by atoms with Crippen LogP contribution in [0.2, 0.25) is 0 Å². The van der Waals surface area contributed by atoms with Gasteiger partial charge in [-0.25, -0.2) is 10.3 Å². The minimum Gasteiger partial charge on any atom is -0.497 e. The van der Waals surface area contributed by atoms with Crippen LogP contribution in [0, 0.1) is 0 Å². The molecule has 0 N–H and O–H groups in total. The van der Waals surface area contributed by atoms with E-state index in [1.165, 1.54) is 0 Å². The van der Waals surface area contributed by atoms with Gasteiger partial charge in [-0.15, -0.1) is 0 Å². The molecule has 1 aliphatic heterocycles. The van der Waals surface area contributed by atoms with Gasteiger partial charge >= 0.3 is 0 Å². The summed E-state index contributed by atoms with van der Waals surface area (Å²) in [6.45, 7) is 1.40. The van der Waals surface area contributed by atoms with Gasteiger partial charge in [-0.2, -0.15) is 0 Å². The quantitative estimate of drug-likeness (QED) is 0.338. The summed E-state index contributed by atoms with van der Waals surface area (Å²) in [5.41, 5.74) is 5.32. The van der Waals surface area contributed by atoms with Gasteiger partial charge in [0.1, 0.15) is 11.6 Å². The maximum atomic E-state index is 5.81. The minimum absolute atomic E-state index is 0.636. The van der Waals surface area contributed by atoms with Gasteiger partial charge in [-0.05, 0) is 30.5 Å². The highest BCUT2D eigenvalue weighted by molar-refractivity contribution is 6.07. The highest BCUT2D eigenvalue weighted by Crippen LogP contribution is 2.31. The van der Waals surface area contributed by atoms with E-state index >= 15 is 0 Å². The van der Waals surface area contributed by atoms with Gasteiger partial charge < -0.3 is 9.47 Å². The van der Waals surface area contributed by atoms with Crippen LogP contribution in [0.25, 0.3) is 11.4 Å². The van der Waals surface area contributed by atoms with Crippen LogP contribution >= 0.6 is 0 Å². The Balaban J connectivity index is 1.23. The van der Waals surface area contributed by atoms with Crippen LogP contribution in [-0.2, 0) is 11.3 Å². The number of ether oxygens (including phenoxy) is 2. The minimum atomic E-state index is 0.636. The molecule has 1 radical (unpaired) electrons. The molecule has 0 bridgehead atoms. The van der Waals surface area contributed by atoms with Gasteiger partial charge in [0, 0.05) is 24.2 Å². The van der Waals surface area contributed by atoms with Crippen LogP contribution in [0.5, 0.6) is 5.75 Å². The lowest BCUT2D eigenvalue weighted by Gasteiger charge is -2.07. The molecule has 0 aliphatic carbocycles. The maximum Gasteiger partial charge on any atom is 0.129 e. The molecule has 163 valence electrons. The third-order valence-electron chi connectivity index (χ3n) is 5.42. The summed E-state index contributed by atoms with van der Waals surface area (Å²) in [6, 6.07) is 28.6. The largest absolute Gasteiger partial charge is 0.497 e. The molecule has 1 heterocycles. The van der Waals surface area contributed by atoms with E-state index in [1.807, 2.05) is 60.7 Å². The molecule has 0 unspecified atom stereocenters. The Hall–Kier alpha value is -3.37. The standard InChI is InChI=1S/C28H29N2O2/c1-31-25-18-16-22(17-19-25)21-32-20-10-4-9-15-26-29-27(23-11-5-2-6-12-23)28(30-26)24-13-7-3-8-14-24/h2-3,5-8,11-14,16-19H,4,9-10,15,20-21H2,1H3. The fourth-order valence-electron chi connectivity index (χ4n) is 3.67. The zero-order chi connectivity index (χ0) is 22.0. The van der Waals surface area contributed by atoms with Crippen molar-refractivity contribution in [2.75, 3.05) is 13.7 Å². The zero-order valence-electron chi connectivity index (χ0n) is 18.5. The Morgan fingerprint density at radius 2 is 1.34 bits per heavy atom. The lowest BCUT2D eigenvalue weighted by atomic mass is 10.1. The predicted octanol–water partition coefficient (Wildman–Crippen LogP) is 6.31. The third kappa shape index (κ3) is 5.86. The molecule has 4 rings (SSSR count). The first kappa shape index (κ1) is 21.8. The van der Waals surface area contributed by atoms with Gasteiger partial charge in [0.15, 0.2) is 0 Å². The molecule has 0 atom stereocenters. The molecule has 1 aliphatic rings. The second-order valence-corrected chi connectivity index (χ2v) is 7.78. The van der Waals surface area contributed by atoms with Gasteiger partial charge in [0.25, 0.3) is 0 Å². The Morgan fingerprint density at radius 3 is 2.00 bits per heavy atom. The van der Waals surface area contributed by atoms with Crippen molar-refractivity contribution in [2.45, 2.75) is 32.3 Å². The van der Waals surface area contributed by atoms with Crippen LogP contribution in [0.3, 0.4) is 0 Å². The SMILES string of the molecule is COc1ccc(COCCCCCC2=NC(c3ccccc3)=C(c3ccccc3)[N]2)cc1. The van der Waals surface area contributed by atoms with Crippen LogP contribution in [0.1, 0.15) is 42.4 Å². The molecule has 3 aromatic carbocycles. The molecule has 0 aromatic heterocycles. The van der Waals surface area contributed by atoms with E-state index in [0.717, 1.165) is 72.0 Å². The van der Waals surface area contributed by atoms with Gasteiger partial charge in [0.05, 0.1) is 25.1 Å². The fourth-order valence-corrected chi connectivity index (χ4v) is 3.67. The lowest BCUT2D eigenvalue weighted by Crippen LogP contribution is -2.10. The van der Waals surface area contributed by atoms with E-state index in [9.17, 15) is 0 Å². The average molecular weight is 426 g/mol. The Kier molecular flexibility index (Phi) is 7.72. The van der Waals surface area contributed by atoms with Crippen molar-refractivity contribution in [1.29, 1.82) is 0 Å². The van der Waals surface area contributed by atoms with Crippen molar-refractivity contribution in [2.24, 2.45) is 4.99 Å². The topological polar surface area (TPSA) is 44.9 Å². The van der Waals surface area contributed by atoms with Gasteiger partial charge in [-0.3, -0.25) is 0 Å². The number of aliphatic imine (C=N–C) groups is 1. The number of rotatable bonds is 11. The summed E-state index contributed by atoms with van der Waals surface area (Å²) in [4.78, 5) is 4.89. The fraction of sp³-hybridized carbons (Fsp3) is 0.250. The summed E-state index contributed by atoms with van der Waals surface area (Å²) < 4.78 is 11.0. The van der Waals surface area contributed by atoms with E-state index < -0.39 is 0 Å². The highest BCUT2D eigenvalue weighted by atomic mass is 16.5. The number of hydrogen-bond acceptors (Lipinski definition) is 3. The summed E-state index contributed by atoms with van der Waals surface area (Å²) in [5.74, 6) is 1.79. The number of hydrogen-bond donors (Lipinski definition) is 0. The molecule has 0 amide bonds. The van der Waals surface area contributed by atoms with Gasteiger partial charge in [0.2, 0.25) is 0 Å². The van der Waals surface area contributed by atoms with E-state index in [-0.39, 0.29) is 0 Å². The number of unbranched alkanes of at least 4 members (excludes halogenated alkanes) is 2. The van der Waals surface area contributed by atoms with Gasteiger partial charge in [-0.1, -0.05) is 79.2 Å². The first-order chi connectivity index (χ1) is 15.8. The summed E-state index contributed by atoms with van der Waals surface area (Å²) in [5, 5.41) is 4.89. The molecule has 0 saturated heterocycles. The second kappa shape index (κ2) is 11.3. The normalized spacial score (nSPS) is 13.1. The first-order valence-electron chi connectivity index (χ1n) is 11.2. The molecular weight excluding hydrogens is 396 g/mol. The maximum absolute atomic E-state index is 5.81. The number of nitrogens with zero attached hydrogens (tertiary/aromatic N) is 2. The van der Waals surface area contributed by atoms with E-state index in [0.29, 0.717) is 6.61 Å². The summed E-state index contributed by atoms with van der Waals surface area (Å²) in [6.07, 6.45) is 4.07. The summed E-state index contributed by atoms with van der Waals surface area (Å²) in [7, 11) is 1.68. The van der Waals surface area contributed by atoms with Crippen LogP contribution < -0.4 is 10.1 Å². The molecule has 0 saturated carbocycles. The monoisotopic (exact) mass is 425 g/mol. The zero-order valence-corrected chi connectivity index (χ0v) is 18.5. The first-order valence-corrected chi connectivity index (χ1v) is 11.2. The number of benzene rings is 3. The number of amidine groups is 1. The smallest absolute Gasteiger partial charge is 0.129 e. The van der Waals surface area contributed by atoms with Crippen LogP contribution in [-0.4, -0.2) is 19.6 Å². The summed E-state index contributed by atoms with van der Waals surface area (Å²) >= 11 is 0. The number of methoxy groups -OCH3 is 1. The van der Waals surface area contributed by atoms with Crippen LogP contribution in [0.4, 0.5) is 0 Å². The molecule has 4 nitrogen and oxygen atoms in total. The van der Waals surface area contributed by atoms with Crippen LogP contribution in [0.15, 0.2) is 89.9 Å². The molecule has 3 aromatic rings. The average Bonchev–Trinajstić information content (AvgIpc) is 3.29. The van der Waals surface area contributed by atoms with E-state index in [4.69, 9.17) is 19.8 Å². The Bertz CT molecular complexity index is 1040. The van der Waals surface area contributed by atoms with Crippen molar-refractivity contribution in [1.82, 2.24) is 5.32 Å². The van der Waals surface area contributed by atoms with Crippen molar-refractivity contribution in [3.05, 3.63) is 102 Å². The van der Waals surface area contributed by atoms with E-state index in [1.54, 1.807) is 7.11 Å². The Morgan fingerprint density at radius 1 is 0.688 bits per heavy atom. The van der Waals surface area contributed by atoms with Crippen molar-refractivity contribution < 1.29 is 9.47 Å².